The van der Waals surface area contributed by atoms with Crippen LogP contribution >= 0.6 is 11.6 Å². The first-order valence-corrected chi connectivity index (χ1v) is 13.0. The zero-order chi connectivity index (χ0) is 27.4. The smallest absolute Gasteiger partial charge is 0.356 e. The third-order valence-corrected chi connectivity index (χ3v) is 7.43. The van der Waals surface area contributed by atoms with Crippen LogP contribution in [0.4, 0.5) is 10.2 Å². The standard InChI is InChI=1S/C28H24ClFN6O3/c1-4-19-25-21(9-10-31-19)39-20-8-6-7-18(30)23(20)24-17(29)13-16-26(33-28(38)36(25)27(16)32-24)35-12-11-34(14-15(35)3)22(37)5-2/h5-10,13,15H,2,4,11-12,14H2,1,3H3/t15-/m0/s1. The molecule has 0 unspecified atom stereocenters. The van der Waals surface area contributed by atoms with Crippen molar-refractivity contribution in [1.29, 1.82) is 0 Å². The fourth-order valence-electron chi connectivity index (χ4n) is 5.30. The van der Waals surface area contributed by atoms with Crippen molar-refractivity contribution < 1.29 is 13.6 Å². The van der Waals surface area contributed by atoms with Crippen molar-refractivity contribution in [3.05, 3.63) is 76.2 Å². The van der Waals surface area contributed by atoms with E-state index >= 15 is 4.39 Å². The molecule has 1 atom stereocenters. The largest absolute Gasteiger partial charge is 0.454 e. The number of carbonyl (C=O) groups excluding carboxylic acids is 1. The number of fused-ring (bicyclic) bond motifs is 5. The third kappa shape index (κ3) is 3.94. The van der Waals surface area contributed by atoms with Crippen molar-refractivity contribution in [3.63, 3.8) is 0 Å². The van der Waals surface area contributed by atoms with E-state index in [9.17, 15) is 9.59 Å². The molecular formula is C28H24ClFN6O3. The van der Waals surface area contributed by atoms with E-state index in [-0.39, 0.29) is 39.1 Å². The highest BCUT2D eigenvalue weighted by Crippen LogP contribution is 2.34. The lowest BCUT2D eigenvalue weighted by Crippen LogP contribution is -2.54. The molecule has 0 N–H and O–H groups in total. The summed E-state index contributed by atoms with van der Waals surface area (Å²) in [6, 6.07) is 7.60. The number of amides is 1. The van der Waals surface area contributed by atoms with Gasteiger partial charge in [0.2, 0.25) is 5.91 Å². The average molecular weight is 547 g/mol. The first kappa shape index (κ1) is 25.0. The molecule has 5 heterocycles. The quantitative estimate of drug-likeness (QED) is 0.303. The van der Waals surface area contributed by atoms with Gasteiger partial charge >= 0.3 is 5.69 Å². The van der Waals surface area contributed by atoms with Crippen molar-refractivity contribution in [2.45, 2.75) is 26.3 Å². The van der Waals surface area contributed by atoms with Crippen LogP contribution in [0.25, 0.3) is 38.6 Å². The maximum Gasteiger partial charge on any atom is 0.356 e. The second kappa shape index (κ2) is 9.46. The number of nitrogens with zero attached hydrogens (tertiary/aromatic N) is 6. The molecule has 4 aromatic heterocycles. The fraction of sp³-hybridized carbons (Fsp3) is 0.250. The van der Waals surface area contributed by atoms with Crippen LogP contribution in [-0.4, -0.2) is 55.8 Å². The Morgan fingerprint density at radius 1 is 1.26 bits per heavy atom. The molecule has 1 saturated heterocycles. The molecule has 0 saturated carbocycles. The molecule has 0 aliphatic carbocycles. The van der Waals surface area contributed by atoms with Crippen LogP contribution in [0.3, 0.4) is 0 Å². The maximum atomic E-state index is 15.3. The number of piperazine rings is 1. The molecule has 2 bridgehead atoms. The van der Waals surface area contributed by atoms with Crippen LogP contribution in [0.1, 0.15) is 19.5 Å². The maximum absolute atomic E-state index is 15.3. The first-order valence-electron chi connectivity index (χ1n) is 12.6. The minimum Gasteiger partial charge on any atom is -0.454 e. The van der Waals surface area contributed by atoms with E-state index in [1.54, 1.807) is 29.3 Å². The Morgan fingerprint density at radius 3 is 2.82 bits per heavy atom. The second-order valence-electron chi connectivity index (χ2n) is 9.45. The number of aryl methyl sites for hydroxylation is 1. The Kier molecular flexibility index (Phi) is 6.06. The van der Waals surface area contributed by atoms with Crippen molar-refractivity contribution in [2.75, 3.05) is 24.5 Å². The van der Waals surface area contributed by atoms with E-state index in [0.717, 1.165) is 0 Å². The summed E-state index contributed by atoms with van der Waals surface area (Å²) >= 11 is 6.76. The molecule has 9 nitrogen and oxygen atoms in total. The highest BCUT2D eigenvalue weighted by Gasteiger charge is 2.29. The number of aromatic nitrogens is 4. The van der Waals surface area contributed by atoms with Gasteiger partial charge in [-0.1, -0.05) is 31.2 Å². The monoisotopic (exact) mass is 546 g/mol. The van der Waals surface area contributed by atoms with Gasteiger partial charge in [-0.3, -0.25) is 9.78 Å². The lowest BCUT2D eigenvalue weighted by Gasteiger charge is -2.40. The van der Waals surface area contributed by atoms with Gasteiger partial charge in [0.05, 0.1) is 27.0 Å². The summed E-state index contributed by atoms with van der Waals surface area (Å²) in [5.74, 6) is -0.323. The van der Waals surface area contributed by atoms with Gasteiger partial charge in [-0.25, -0.2) is 18.6 Å². The number of pyridine rings is 2. The van der Waals surface area contributed by atoms with E-state index in [1.165, 1.54) is 22.6 Å². The third-order valence-electron chi connectivity index (χ3n) is 7.14. The van der Waals surface area contributed by atoms with Gasteiger partial charge in [0.15, 0.2) is 11.2 Å². The summed E-state index contributed by atoms with van der Waals surface area (Å²) in [7, 11) is 0. The van der Waals surface area contributed by atoms with Crippen molar-refractivity contribution in [1.82, 2.24) is 24.3 Å². The number of hydrogen-bond acceptors (Lipinski definition) is 7. The number of anilines is 1. The van der Waals surface area contributed by atoms with E-state index in [2.05, 4.69) is 16.5 Å². The molecule has 39 heavy (non-hydrogen) atoms. The molecule has 1 aliphatic rings. The minimum atomic E-state index is -0.589. The first-order chi connectivity index (χ1) is 18.8. The topological polar surface area (TPSA) is 96.8 Å². The van der Waals surface area contributed by atoms with Crippen LogP contribution in [-0.2, 0) is 11.2 Å². The fourth-order valence-corrected chi connectivity index (χ4v) is 5.54. The summed E-state index contributed by atoms with van der Waals surface area (Å²) in [6.45, 7) is 8.74. The Labute approximate surface area is 226 Å². The van der Waals surface area contributed by atoms with Gasteiger partial charge in [0, 0.05) is 37.9 Å². The van der Waals surface area contributed by atoms with Gasteiger partial charge in [-0.05, 0) is 37.6 Å². The minimum absolute atomic E-state index is 0.0920. The van der Waals surface area contributed by atoms with Crippen LogP contribution in [0.15, 0.2) is 58.4 Å². The van der Waals surface area contributed by atoms with E-state index < -0.39 is 11.5 Å². The highest BCUT2D eigenvalue weighted by molar-refractivity contribution is 6.36. The molecule has 1 amide bonds. The van der Waals surface area contributed by atoms with Gasteiger partial charge in [-0.15, -0.1) is 0 Å². The normalized spacial score (nSPS) is 15.9. The van der Waals surface area contributed by atoms with Crippen molar-refractivity contribution in [2.24, 2.45) is 0 Å². The summed E-state index contributed by atoms with van der Waals surface area (Å²) in [5, 5.41) is 0.781. The lowest BCUT2D eigenvalue weighted by atomic mass is 10.1. The van der Waals surface area contributed by atoms with E-state index in [0.29, 0.717) is 54.1 Å². The summed E-state index contributed by atoms with van der Waals surface area (Å²) in [5.41, 5.74) is 1.32. The molecule has 1 fully saturated rings. The van der Waals surface area contributed by atoms with Crippen LogP contribution in [0.2, 0.25) is 5.02 Å². The highest BCUT2D eigenvalue weighted by atomic mass is 35.5. The summed E-state index contributed by atoms with van der Waals surface area (Å²) in [4.78, 5) is 43.5. The molecule has 198 valence electrons. The van der Waals surface area contributed by atoms with Crippen LogP contribution in [0.5, 0.6) is 0 Å². The van der Waals surface area contributed by atoms with Crippen molar-refractivity contribution >= 4 is 61.9 Å². The number of halogens is 2. The molecule has 0 spiro atoms. The molecule has 6 rings (SSSR count). The lowest BCUT2D eigenvalue weighted by molar-refractivity contribution is -0.126. The second-order valence-corrected chi connectivity index (χ2v) is 9.85. The molecule has 1 aromatic carbocycles. The van der Waals surface area contributed by atoms with Gasteiger partial charge < -0.3 is 14.2 Å². The number of rotatable bonds is 3. The molecule has 0 radical (unpaired) electrons. The summed E-state index contributed by atoms with van der Waals surface area (Å²) < 4.78 is 22.9. The number of carbonyl (C=O) groups is 1. The van der Waals surface area contributed by atoms with E-state index in [1.807, 2.05) is 18.7 Å². The molecule has 1 aliphatic heterocycles. The van der Waals surface area contributed by atoms with Crippen molar-refractivity contribution in [3.8, 4) is 0 Å². The predicted molar refractivity (Wildman–Crippen MR) is 149 cm³/mol. The average Bonchev–Trinajstić information content (AvgIpc) is 2.98. The van der Waals surface area contributed by atoms with Crippen LogP contribution in [0, 0.1) is 5.82 Å². The Morgan fingerprint density at radius 2 is 2.08 bits per heavy atom. The Hall–Kier alpha value is -4.31. The van der Waals surface area contributed by atoms with Crippen LogP contribution < -0.4 is 10.6 Å². The van der Waals surface area contributed by atoms with Gasteiger partial charge in [0.1, 0.15) is 22.7 Å². The number of benzene rings is 1. The number of hydrogen-bond donors (Lipinski definition) is 0. The zero-order valence-electron chi connectivity index (χ0n) is 21.3. The predicted octanol–water partition coefficient (Wildman–Crippen LogP) is 4.68. The molecular weight excluding hydrogens is 523 g/mol. The van der Waals surface area contributed by atoms with E-state index in [4.69, 9.17) is 21.0 Å². The van der Waals surface area contributed by atoms with Gasteiger partial charge in [0.25, 0.3) is 0 Å². The Balaban J connectivity index is 1.77. The molecule has 5 aromatic rings. The summed E-state index contributed by atoms with van der Waals surface area (Å²) in [6.07, 6.45) is 3.37. The zero-order valence-corrected chi connectivity index (χ0v) is 22.1. The molecule has 11 heteroatoms. The SMILES string of the molecule is C=CC(=O)N1CCN(c2nc(=O)n3c4nc(c(Cl)cc24)c2c(F)cccc2oc2ccnc(CC)c23)[C@@H](C)C1. The Bertz CT molecular complexity index is 1920. The van der Waals surface area contributed by atoms with Gasteiger partial charge in [-0.2, -0.15) is 4.98 Å².